The second kappa shape index (κ2) is 21.1. The number of nitrogens with zero attached hydrogens (tertiary/aromatic N) is 1. The van der Waals surface area contributed by atoms with Gasteiger partial charge in [-0.25, -0.2) is 0 Å². The van der Waals surface area contributed by atoms with Crippen molar-refractivity contribution in [2.24, 2.45) is 0 Å². The Morgan fingerprint density at radius 3 is 2.00 bits per heavy atom. The van der Waals surface area contributed by atoms with Gasteiger partial charge in [0.05, 0.1) is 6.04 Å². The Morgan fingerprint density at radius 1 is 1.00 bits per heavy atom. The summed E-state index contributed by atoms with van der Waals surface area (Å²) in [5, 5.41) is 19.8. The van der Waals surface area contributed by atoms with E-state index in [-0.39, 0.29) is 12.6 Å². The SMILES string of the molecule is CC.CC.CC.CC.CN1CCCC(O)(/C=C\CCO)C1c1ccccc1. The first-order chi connectivity index (χ1) is 13.2. The van der Waals surface area contributed by atoms with Crippen molar-refractivity contribution in [3.05, 3.63) is 48.0 Å². The zero-order valence-corrected chi connectivity index (χ0v) is 19.5. The molecule has 0 saturated carbocycles. The van der Waals surface area contributed by atoms with Gasteiger partial charge in [0, 0.05) is 6.61 Å². The Morgan fingerprint density at radius 2 is 1.52 bits per heavy atom. The molecule has 1 aromatic rings. The minimum absolute atomic E-state index is 0.0163. The van der Waals surface area contributed by atoms with Crippen molar-refractivity contribution in [2.45, 2.75) is 86.3 Å². The Balaban J connectivity index is -0.000000638. The average molecular weight is 382 g/mol. The summed E-state index contributed by atoms with van der Waals surface area (Å²) in [5.41, 5.74) is 0.296. The maximum atomic E-state index is 11.0. The van der Waals surface area contributed by atoms with Gasteiger partial charge in [-0.05, 0) is 38.4 Å². The normalized spacial score (nSPS) is 21.2. The minimum atomic E-state index is -0.844. The van der Waals surface area contributed by atoms with Crippen molar-refractivity contribution >= 4 is 0 Å². The van der Waals surface area contributed by atoms with E-state index in [4.69, 9.17) is 5.11 Å². The van der Waals surface area contributed by atoms with Crippen LogP contribution in [0.5, 0.6) is 0 Å². The van der Waals surface area contributed by atoms with Crippen LogP contribution in [0.15, 0.2) is 42.5 Å². The quantitative estimate of drug-likeness (QED) is 0.608. The lowest BCUT2D eigenvalue weighted by Gasteiger charge is -2.44. The number of hydrogen-bond acceptors (Lipinski definition) is 3. The fraction of sp³-hybridized carbons (Fsp3) is 0.667. The topological polar surface area (TPSA) is 43.7 Å². The molecule has 3 nitrogen and oxygen atoms in total. The third-order valence-corrected chi connectivity index (χ3v) is 3.82. The van der Waals surface area contributed by atoms with Crippen LogP contribution in [-0.2, 0) is 0 Å². The third-order valence-electron chi connectivity index (χ3n) is 3.82. The molecule has 1 aliphatic heterocycles. The van der Waals surface area contributed by atoms with Gasteiger partial charge in [0.2, 0.25) is 0 Å². The molecule has 160 valence electrons. The molecule has 1 saturated heterocycles. The highest BCUT2D eigenvalue weighted by molar-refractivity contribution is 5.26. The largest absolute Gasteiger partial charge is 0.396 e. The van der Waals surface area contributed by atoms with Gasteiger partial charge in [-0.1, -0.05) is 97.9 Å². The average Bonchev–Trinajstić information content (AvgIpc) is 2.75. The summed E-state index contributed by atoms with van der Waals surface area (Å²) >= 11 is 0. The van der Waals surface area contributed by atoms with Crippen LogP contribution in [-0.4, -0.2) is 40.9 Å². The summed E-state index contributed by atoms with van der Waals surface area (Å²) in [6.45, 7) is 17.1. The number of rotatable bonds is 4. The molecule has 1 fully saturated rings. The van der Waals surface area contributed by atoms with Crippen molar-refractivity contribution in [1.82, 2.24) is 4.90 Å². The van der Waals surface area contributed by atoms with Gasteiger partial charge in [0.1, 0.15) is 5.60 Å². The number of aliphatic hydroxyl groups is 2. The van der Waals surface area contributed by atoms with Crippen molar-refractivity contribution in [3.8, 4) is 0 Å². The fourth-order valence-electron chi connectivity index (χ4n) is 2.97. The lowest BCUT2D eigenvalue weighted by Crippen LogP contribution is -2.48. The maximum absolute atomic E-state index is 11.0. The van der Waals surface area contributed by atoms with E-state index in [2.05, 4.69) is 24.1 Å². The Kier molecular flexibility index (Phi) is 23.9. The molecule has 1 aromatic carbocycles. The summed E-state index contributed by atoms with van der Waals surface area (Å²) in [6, 6.07) is 10.1. The number of likely N-dealkylation sites (tertiary alicyclic amines) is 1. The first-order valence-corrected chi connectivity index (χ1v) is 10.9. The standard InChI is InChI=1S/C16H23NO2.4C2H6/c1-17-12-7-11-16(19,10-5-6-13-18)15(17)14-8-3-2-4-9-14;4*1-2/h2-5,8-10,15,18-19H,6-7,11-13H2,1H3;4*1-2H3/b10-5-;;;;. The number of piperidine rings is 1. The monoisotopic (exact) mass is 381 g/mol. The third kappa shape index (κ3) is 11.3. The van der Waals surface area contributed by atoms with Gasteiger partial charge in [-0.3, -0.25) is 4.90 Å². The van der Waals surface area contributed by atoms with E-state index in [1.807, 2.05) is 85.7 Å². The summed E-state index contributed by atoms with van der Waals surface area (Å²) in [7, 11) is 2.06. The number of benzene rings is 1. The van der Waals surface area contributed by atoms with Crippen LogP contribution < -0.4 is 0 Å². The molecule has 0 bridgehead atoms. The molecule has 0 aromatic heterocycles. The lowest BCUT2D eigenvalue weighted by molar-refractivity contribution is -0.0378. The molecule has 2 unspecified atom stereocenters. The van der Waals surface area contributed by atoms with E-state index in [1.165, 1.54) is 0 Å². The van der Waals surface area contributed by atoms with Crippen LogP contribution in [0.25, 0.3) is 0 Å². The molecule has 1 aliphatic rings. The zero-order chi connectivity index (χ0) is 21.7. The van der Waals surface area contributed by atoms with Crippen molar-refractivity contribution in [1.29, 1.82) is 0 Å². The van der Waals surface area contributed by atoms with Crippen LogP contribution in [0.1, 0.15) is 86.3 Å². The van der Waals surface area contributed by atoms with Gasteiger partial charge in [0.15, 0.2) is 0 Å². The number of likely N-dealkylation sites (N-methyl/N-ethyl adjacent to an activating group) is 1. The van der Waals surface area contributed by atoms with Crippen molar-refractivity contribution in [3.63, 3.8) is 0 Å². The Bertz CT molecular complexity index is 420. The molecule has 1 heterocycles. The van der Waals surface area contributed by atoms with E-state index < -0.39 is 5.60 Å². The lowest BCUT2D eigenvalue weighted by atomic mass is 9.80. The second-order valence-corrected chi connectivity index (χ2v) is 5.30. The summed E-state index contributed by atoms with van der Waals surface area (Å²) < 4.78 is 0. The van der Waals surface area contributed by atoms with Crippen LogP contribution in [0.2, 0.25) is 0 Å². The van der Waals surface area contributed by atoms with Gasteiger partial charge >= 0.3 is 0 Å². The van der Waals surface area contributed by atoms with E-state index >= 15 is 0 Å². The number of hydrogen-bond donors (Lipinski definition) is 2. The predicted molar refractivity (Wildman–Crippen MR) is 122 cm³/mol. The van der Waals surface area contributed by atoms with Crippen LogP contribution >= 0.6 is 0 Å². The molecule has 3 heteroatoms. The first-order valence-electron chi connectivity index (χ1n) is 10.9. The number of aliphatic hydroxyl groups excluding tert-OH is 1. The smallest absolute Gasteiger partial charge is 0.102 e. The maximum Gasteiger partial charge on any atom is 0.102 e. The molecule has 0 radical (unpaired) electrons. The van der Waals surface area contributed by atoms with E-state index in [9.17, 15) is 5.11 Å². The predicted octanol–water partition coefficient (Wildman–Crippen LogP) is 6.23. The molecular weight excluding hydrogens is 334 g/mol. The van der Waals surface area contributed by atoms with Crippen molar-refractivity contribution in [2.75, 3.05) is 20.2 Å². The van der Waals surface area contributed by atoms with E-state index in [0.29, 0.717) is 6.42 Å². The molecule has 0 amide bonds. The first kappa shape index (κ1) is 30.6. The minimum Gasteiger partial charge on any atom is -0.396 e. The molecular formula is C24H47NO2. The summed E-state index contributed by atoms with van der Waals surface area (Å²) in [6.07, 6.45) is 6.10. The summed E-state index contributed by atoms with van der Waals surface area (Å²) in [4.78, 5) is 2.21. The van der Waals surface area contributed by atoms with Crippen LogP contribution in [0, 0.1) is 0 Å². The summed E-state index contributed by atoms with van der Waals surface area (Å²) in [5.74, 6) is 0. The molecule has 2 atom stereocenters. The highest BCUT2D eigenvalue weighted by Crippen LogP contribution is 2.39. The molecule has 2 rings (SSSR count). The molecule has 0 spiro atoms. The second-order valence-electron chi connectivity index (χ2n) is 5.30. The molecule has 2 N–H and O–H groups in total. The zero-order valence-electron chi connectivity index (χ0n) is 19.5. The van der Waals surface area contributed by atoms with Gasteiger partial charge in [0.25, 0.3) is 0 Å². The van der Waals surface area contributed by atoms with Gasteiger partial charge in [-0.2, -0.15) is 0 Å². The van der Waals surface area contributed by atoms with Crippen LogP contribution in [0.4, 0.5) is 0 Å². The van der Waals surface area contributed by atoms with E-state index in [0.717, 1.165) is 24.9 Å². The van der Waals surface area contributed by atoms with Crippen molar-refractivity contribution < 1.29 is 10.2 Å². The fourth-order valence-corrected chi connectivity index (χ4v) is 2.97. The highest BCUT2D eigenvalue weighted by Gasteiger charge is 2.40. The highest BCUT2D eigenvalue weighted by atomic mass is 16.3. The van der Waals surface area contributed by atoms with E-state index in [1.54, 1.807) is 0 Å². The molecule has 27 heavy (non-hydrogen) atoms. The Hall–Kier alpha value is -1.16. The molecule has 0 aliphatic carbocycles. The van der Waals surface area contributed by atoms with Gasteiger partial charge < -0.3 is 10.2 Å². The van der Waals surface area contributed by atoms with Crippen LogP contribution in [0.3, 0.4) is 0 Å². The van der Waals surface area contributed by atoms with Gasteiger partial charge in [-0.15, -0.1) is 0 Å². The Labute approximate surface area is 170 Å².